The first kappa shape index (κ1) is 16.3. The van der Waals surface area contributed by atoms with Crippen LogP contribution in [0.1, 0.15) is 5.56 Å². The number of tetrazole rings is 1. The Morgan fingerprint density at radius 2 is 2.04 bits per heavy atom. The predicted octanol–water partition coefficient (Wildman–Crippen LogP) is 0.0599. The Morgan fingerprint density at radius 3 is 2.57 bits per heavy atom. The number of rotatable bonds is 3. The van der Waals surface area contributed by atoms with Gasteiger partial charge in [0.2, 0.25) is 5.88 Å². The van der Waals surface area contributed by atoms with Gasteiger partial charge in [0.15, 0.2) is 0 Å². The van der Waals surface area contributed by atoms with Crippen molar-refractivity contribution >= 4 is 12.0 Å². The second-order valence-electron chi connectivity index (χ2n) is 4.01. The van der Waals surface area contributed by atoms with Gasteiger partial charge in [-0.1, -0.05) is 5.10 Å². The summed E-state index contributed by atoms with van der Waals surface area (Å²) in [4.78, 5) is 27.9. The highest BCUT2D eigenvalue weighted by Crippen LogP contribution is 2.27. The van der Waals surface area contributed by atoms with Gasteiger partial charge < -0.3 is 9.57 Å². The van der Waals surface area contributed by atoms with Crippen molar-refractivity contribution < 1.29 is 27.5 Å². The summed E-state index contributed by atoms with van der Waals surface area (Å²) in [6.07, 6.45) is -6.00. The average molecular weight is 334 g/mol. The van der Waals surface area contributed by atoms with Crippen LogP contribution in [-0.2, 0) is 13.2 Å². The number of alkyl halides is 3. The van der Waals surface area contributed by atoms with E-state index in [1.807, 2.05) is 0 Å². The van der Waals surface area contributed by atoms with E-state index in [0.717, 1.165) is 17.9 Å². The zero-order valence-electron chi connectivity index (χ0n) is 11.7. The minimum Gasteiger partial charge on any atom is -0.411 e. The Bertz CT molecular complexity index is 784. The van der Waals surface area contributed by atoms with Crippen LogP contribution in [0.15, 0.2) is 16.9 Å². The number of halogens is 3. The average Bonchev–Trinajstić information content (AvgIpc) is 2.83. The van der Waals surface area contributed by atoms with E-state index in [0.29, 0.717) is 6.07 Å². The van der Waals surface area contributed by atoms with E-state index in [2.05, 4.69) is 25.7 Å². The molecule has 0 atom stereocenters. The van der Waals surface area contributed by atoms with Crippen molar-refractivity contribution in [2.45, 2.75) is 6.18 Å². The molecule has 0 radical (unpaired) electrons. The summed E-state index contributed by atoms with van der Waals surface area (Å²) < 4.78 is 44.0. The van der Waals surface area contributed by atoms with E-state index in [1.165, 1.54) is 7.05 Å². The fraction of sp³-hybridized carbons (Fsp3) is 0.300. The molecule has 10 nitrogen and oxygen atoms in total. The van der Waals surface area contributed by atoms with Crippen LogP contribution in [0.25, 0.3) is 0 Å². The fourth-order valence-corrected chi connectivity index (χ4v) is 1.51. The maximum Gasteiger partial charge on any atom is 0.421 e. The first-order valence-electron chi connectivity index (χ1n) is 5.83. The predicted molar refractivity (Wildman–Crippen MR) is 66.7 cm³/mol. The van der Waals surface area contributed by atoms with Crippen molar-refractivity contribution in [2.24, 2.45) is 7.05 Å². The van der Waals surface area contributed by atoms with Crippen molar-refractivity contribution in [3.63, 3.8) is 0 Å². The molecule has 0 aliphatic rings. The van der Waals surface area contributed by atoms with E-state index in [1.54, 1.807) is 0 Å². The van der Waals surface area contributed by atoms with Crippen molar-refractivity contribution in [1.29, 1.82) is 0 Å². The third kappa shape index (κ3) is 3.38. The summed E-state index contributed by atoms with van der Waals surface area (Å²) in [7, 11) is 2.37. The fourth-order valence-electron chi connectivity index (χ4n) is 1.51. The summed E-state index contributed by atoms with van der Waals surface area (Å²) >= 11 is 0. The highest BCUT2D eigenvalue weighted by Gasteiger charge is 2.35. The molecule has 23 heavy (non-hydrogen) atoms. The van der Waals surface area contributed by atoms with Gasteiger partial charge in [-0.05, 0) is 16.5 Å². The molecule has 0 spiro atoms. The Morgan fingerprint density at radius 1 is 1.35 bits per heavy atom. The number of amides is 1. The Labute approximate surface area is 125 Å². The van der Waals surface area contributed by atoms with Crippen LogP contribution < -0.4 is 20.5 Å². The lowest BCUT2D eigenvalue weighted by Crippen LogP contribution is -2.33. The molecule has 0 aromatic carbocycles. The van der Waals surface area contributed by atoms with Gasteiger partial charge in [0.05, 0.1) is 0 Å². The molecule has 2 heterocycles. The lowest BCUT2D eigenvalue weighted by atomic mass is 10.3. The topological polar surface area (TPSA) is 113 Å². The van der Waals surface area contributed by atoms with Gasteiger partial charge in [-0.25, -0.2) is 9.48 Å². The molecule has 0 fully saturated rings. The van der Waals surface area contributed by atoms with Crippen LogP contribution in [0.3, 0.4) is 0 Å². The van der Waals surface area contributed by atoms with Gasteiger partial charge in [0.1, 0.15) is 12.7 Å². The van der Waals surface area contributed by atoms with Gasteiger partial charge in [-0.3, -0.25) is 10.1 Å². The summed E-state index contributed by atoms with van der Waals surface area (Å²) in [6, 6.07) is 1.24. The van der Waals surface area contributed by atoms with E-state index in [9.17, 15) is 22.8 Å². The molecule has 0 saturated heterocycles. The van der Waals surface area contributed by atoms with Crippen LogP contribution in [0.5, 0.6) is 5.88 Å². The van der Waals surface area contributed by atoms with Crippen molar-refractivity contribution in [2.75, 3.05) is 12.4 Å². The van der Waals surface area contributed by atoms with Gasteiger partial charge in [0, 0.05) is 13.1 Å². The summed E-state index contributed by atoms with van der Waals surface area (Å²) in [5.74, 6) is -0.633. The van der Waals surface area contributed by atoms with Crippen molar-refractivity contribution in [1.82, 2.24) is 24.9 Å². The number of hydrogen-bond acceptors (Lipinski definition) is 7. The molecule has 2 aromatic heterocycles. The van der Waals surface area contributed by atoms with Gasteiger partial charge in [0.25, 0.3) is 11.5 Å². The van der Waals surface area contributed by atoms with Gasteiger partial charge in [-0.2, -0.15) is 13.2 Å². The molecular weight excluding hydrogens is 325 g/mol. The van der Waals surface area contributed by atoms with Crippen LogP contribution >= 0.6 is 0 Å². The number of ether oxygens (including phenoxy) is 1. The molecular formula is C10H9F3N6O4. The number of hydrogen-bond donors (Lipinski definition) is 1. The lowest BCUT2D eigenvalue weighted by molar-refractivity contribution is -0.139. The number of carbonyl (C=O) groups is 1. The second-order valence-corrected chi connectivity index (χ2v) is 4.01. The highest BCUT2D eigenvalue weighted by molar-refractivity contribution is 5.83. The van der Waals surface area contributed by atoms with E-state index in [-0.39, 0.29) is 10.7 Å². The van der Waals surface area contributed by atoms with Crippen LogP contribution in [0.2, 0.25) is 0 Å². The number of anilines is 1. The molecule has 0 unspecified atom stereocenters. The molecule has 2 aromatic rings. The van der Waals surface area contributed by atoms with E-state index in [4.69, 9.17) is 4.74 Å². The van der Waals surface area contributed by atoms with Crippen LogP contribution in [0.4, 0.5) is 23.9 Å². The summed E-state index contributed by atoms with van der Waals surface area (Å²) in [6.45, 7) is 0. The zero-order valence-corrected chi connectivity index (χ0v) is 11.7. The lowest BCUT2D eigenvalue weighted by Gasteiger charge is -2.13. The quantitative estimate of drug-likeness (QED) is 0.844. The molecule has 2 rings (SSSR count). The van der Waals surface area contributed by atoms with E-state index >= 15 is 0 Å². The number of nitrogens with one attached hydrogen (secondary N) is 1. The van der Waals surface area contributed by atoms with Crippen molar-refractivity contribution in [3.8, 4) is 5.88 Å². The van der Waals surface area contributed by atoms with E-state index < -0.39 is 29.3 Å². The highest BCUT2D eigenvalue weighted by atomic mass is 19.4. The monoisotopic (exact) mass is 334 g/mol. The second kappa shape index (κ2) is 5.94. The zero-order chi connectivity index (χ0) is 17.2. The molecule has 13 heteroatoms. The Hall–Kier alpha value is -3.12. The molecule has 0 aliphatic carbocycles. The van der Waals surface area contributed by atoms with Crippen molar-refractivity contribution in [3.05, 3.63) is 28.0 Å². The number of aromatic nitrogens is 5. The first-order valence-corrected chi connectivity index (χ1v) is 5.83. The maximum absolute atomic E-state index is 12.6. The third-order valence-electron chi connectivity index (χ3n) is 2.53. The normalized spacial score (nSPS) is 11.2. The SMILES string of the molecule is COn1c(OC(=O)Nc2nnnn2C)ccc(C(F)(F)F)c1=O. The minimum atomic E-state index is -4.87. The smallest absolute Gasteiger partial charge is 0.411 e. The van der Waals surface area contributed by atoms with Crippen LogP contribution in [0, 0.1) is 0 Å². The van der Waals surface area contributed by atoms with Gasteiger partial charge in [-0.15, -0.1) is 4.73 Å². The largest absolute Gasteiger partial charge is 0.421 e. The number of pyridine rings is 1. The summed E-state index contributed by atoms with van der Waals surface area (Å²) in [5, 5.41) is 12.3. The number of nitrogens with zero attached hydrogens (tertiary/aromatic N) is 5. The number of aryl methyl sites for hydroxylation is 1. The minimum absolute atomic E-state index is 0.0757. The molecule has 1 amide bonds. The maximum atomic E-state index is 12.6. The molecule has 0 aliphatic heterocycles. The Kier molecular flexibility index (Phi) is 4.20. The Balaban J connectivity index is 2.27. The third-order valence-corrected chi connectivity index (χ3v) is 2.53. The molecule has 124 valence electrons. The molecule has 1 N–H and O–H groups in total. The molecule has 0 bridgehead atoms. The first-order chi connectivity index (χ1) is 10.7. The molecule has 0 saturated carbocycles. The standard InChI is InChI=1S/C10H9F3N6O4/c1-18-8(15-16-17-18)14-9(21)23-6-4-3-5(10(11,12)13)7(20)19(6)22-2/h3-4H,1-2H3,(H,14,15,17,21). The van der Waals surface area contributed by atoms with Gasteiger partial charge >= 0.3 is 12.3 Å². The van der Waals surface area contributed by atoms with Crippen LogP contribution in [-0.4, -0.2) is 38.1 Å². The number of carbonyl (C=O) groups excluding carboxylic acids is 1. The summed E-state index contributed by atoms with van der Waals surface area (Å²) in [5.41, 5.74) is -2.99.